The molecule has 3 heteroatoms. The van der Waals surface area contributed by atoms with Gasteiger partial charge in [0.2, 0.25) is 0 Å². The summed E-state index contributed by atoms with van der Waals surface area (Å²) in [5.74, 6) is -0.171. The number of nitrogens with zero attached hydrogens (tertiary/aromatic N) is 1. The van der Waals surface area contributed by atoms with E-state index in [1.165, 1.54) is 18.5 Å². The molecular weight excluding hydrogens is 202 g/mol. The second kappa shape index (κ2) is 5.19. The molecule has 1 aromatic rings. The fraction of sp³-hybridized carbons (Fsp3) is 0.615. The van der Waals surface area contributed by atoms with Gasteiger partial charge in [0.05, 0.1) is 12.2 Å². The molecule has 0 aromatic carbocycles. The molecule has 0 atom stereocenters. The van der Waals surface area contributed by atoms with Crippen LogP contribution in [0.25, 0.3) is 0 Å². The summed E-state index contributed by atoms with van der Waals surface area (Å²) in [6, 6.07) is 1.98. The van der Waals surface area contributed by atoms with E-state index in [0.29, 0.717) is 12.2 Å². The van der Waals surface area contributed by atoms with Gasteiger partial charge in [0, 0.05) is 18.4 Å². The lowest BCUT2D eigenvalue weighted by Gasteiger charge is -2.13. The summed E-state index contributed by atoms with van der Waals surface area (Å²) in [5, 5.41) is 0. The molecule has 1 aliphatic rings. The van der Waals surface area contributed by atoms with Crippen molar-refractivity contribution in [3.05, 3.63) is 23.5 Å². The molecule has 0 saturated carbocycles. The number of carbonyl (C=O) groups excluding carboxylic acids is 1. The molecular formula is C13H19NO2. The Hall–Kier alpha value is -1.25. The van der Waals surface area contributed by atoms with Gasteiger partial charge in [-0.2, -0.15) is 0 Å². The minimum Gasteiger partial charge on any atom is -0.462 e. The summed E-state index contributed by atoms with van der Waals surface area (Å²) in [6.07, 6.45) is 7.46. The zero-order chi connectivity index (χ0) is 11.4. The molecule has 0 amide bonds. The Balaban J connectivity index is 1.98. The second-order valence-corrected chi connectivity index (χ2v) is 4.36. The molecule has 88 valence electrons. The number of unbranched alkanes of at least 4 members (excludes halogenated alkanes) is 1. The van der Waals surface area contributed by atoms with Crippen LogP contribution in [0.4, 0.5) is 0 Å². The summed E-state index contributed by atoms with van der Waals surface area (Å²) in [4.78, 5) is 11.7. The van der Waals surface area contributed by atoms with Gasteiger partial charge in [-0.25, -0.2) is 4.79 Å². The zero-order valence-electron chi connectivity index (χ0n) is 9.87. The SMILES string of the molecule is CCCCOC(=O)c1cc2n(c1)CCCC2. The fourth-order valence-electron chi connectivity index (χ4n) is 2.07. The number of aryl methyl sites for hydroxylation is 2. The molecule has 0 unspecified atom stereocenters. The number of aromatic nitrogens is 1. The first-order chi connectivity index (χ1) is 7.81. The highest BCUT2D eigenvalue weighted by Crippen LogP contribution is 2.18. The summed E-state index contributed by atoms with van der Waals surface area (Å²) in [7, 11) is 0. The normalized spacial score (nSPS) is 14.6. The standard InChI is InChI=1S/C13H19NO2/c1-2-3-8-16-13(15)11-9-12-6-4-5-7-14(12)10-11/h9-10H,2-8H2,1H3. The minimum atomic E-state index is -0.171. The fourth-order valence-corrected chi connectivity index (χ4v) is 2.07. The van der Waals surface area contributed by atoms with Crippen molar-refractivity contribution in [2.75, 3.05) is 6.61 Å². The van der Waals surface area contributed by atoms with Crippen LogP contribution in [0.2, 0.25) is 0 Å². The monoisotopic (exact) mass is 221 g/mol. The lowest BCUT2D eigenvalue weighted by atomic mass is 10.1. The van der Waals surface area contributed by atoms with Crippen LogP contribution in [0.15, 0.2) is 12.3 Å². The first-order valence-corrected chi connectivity index (χ1v) is 6.17. The predicted molar refractivity (Wildman–Crippen MR) is 62.6 cm³/mol. The summed E-state index contributed by atoms with van der Waals surface area (Å²) in [5.41, 5.74) is 1.99. The lowest BCUT2D eigenvalue weighted by molar-refractivity contribution is 0.0499. The van der Waals surface area contributed by atoms with E-state index in [1.807, 2.05) is 12.3 Å². The van der Waals surface area contributed by atoms with E-state index in [1.54, 1.807) is 0 Å². The van der Waals surface area contributed by atoms with Gasteiger partial charge < -0.3 is 9.30 Å². The minimum absolute atomic E-state index is 0.171. The first kappa shape index (κ1) is 11.2. The topological polar surface area (TPSA) is 31.2 Å². The molecule has 0 radical (unpaired) electrons. The van der Waals surface area contributed by atoms with Crippen molar-refractivity contribution in [2.45, 2.75) is 45.6 Å². The van der Waals surface area contributed by atoms with Gasteiger partial charge in [-0.05, 0) is 31.7 Å². The largest absolute Gasteiger partial charge is 0.462 e. The number of hydrogen-bond acceptors (Lipinski definition) is 2. The van der Waals surface area contributed by atoms with Crippen LogP contribution in [0, 0.1) is 0 Å². The quantitative estimate of drug-likeness (QED) is 0.578. The Bertz CT molecular complexity index is 345. The van der Waals surface area contributed by atoms with Crippen LogP contribution in [0.3, 0.4) is 0 Å². The molecule has 0 fully saturated rings. The molecule has 2 rings (SSSR count). The number of carbonyl (C=O) groups is 1. The summed E-state index contributed by atoms with van der Waals surface area (Å²) >= 11 is 0. The third kappa shape index (κ3) is 2.46. The molecule has 0 bridgehead atoms. The van der Waals surface area contributed by atoms with Crippen molar-refractivity contribution in [1.82, 2.24) is 4.57 Å². The predicted octanol–water partition coefficient (Wildman–Crippen LogP) is 2.78. The maximum Gasteiger partial charge on any atom is 0.339 e. The first-order valence-electron chi connectivity index (χ1n) is 6.17. The Kier molecular flexibility index (Phi) is 3.65. The Morgan fingerprint density at radius 3 is 3.12 bits per heavy atom. The van der Waals surface area contributed by atoms with Crippen LogP contribution in [0.5, 0.6) is 0 Å². The van der Waals surface area contributed by atoms with E-state index in [0.717, 1.165) is 25.8 Å². The summed E-state index contributed by atoms with van der Waals surface area (Å²) < 4.78 is 7.37. The van der Waals surface area contributed by atoms with Crippen LogP contribution in [-0.2, 0) is 17.7 Å². The molecule has 0 saturated heterocycles. The number of hydrogen-bond donors (Lipinski definition) is 0. The molecule has 3 nitrogen and oxygen atoms in total. The van der Waals surface area contributed by atoms with E-state index < -0.39 is 0 Å². The highest BCUT2D eigenvalue weighted by atomic mass is 16.5. The maximum absolute atomic E-state index is 11.7. The molecule has 0 aliphatic carbocycles. The highest BCUT2D eigenvalue weighted by Gasteiger charge is 2.15. The smallest absolute Gasteiger partial charge is 0.339 e. The van der Waals surface area contributed by atoms with Crippen molar-refractivity contribution in [1.29, 1.82) is 0 Å². The average molecular weight is 221 g/mol. The number of esters is 1. The summed E-state index contributed by atoms with van der Waals surface area (Å²) in [6.45, 7) is 3.67. The zero-order valence-corrected chi connectivity index (χ0v) is 9.87. The lowest BCUT2D eigenvalue weighted by Crippen LogP contribution is -2.08. The van der Waals surface area contributed by atoms with Gasteiger partial charge in [-0.3, -0.25) is 0 Å². The second-order valence-electron chi connectivity index (χ2n) is 4.36. The number of ether oxygens (including phenoxy) is 1. The third-order valence-electron chi connectivity index (χ3n) is 3.03. The van der Waals surface area contributed by atoms with Gasteiger partial charge in [-0.15, -0.1) is 0 Å². The Labute approximate surface area is 96.4 Å². The van der Waals surface area contributed by atoms with Crippen molar-refractivity contribution < 1.29 is 9.53 Å². The van der Waals surface area contributed by atoms with Crippen molar-refractivity contribution in [2.24, 2.45) is 0 Å². The Morgan fingerprint density at radius 1 is 1.50 bits per heavy atom. The van der Waals surface area contributed by atoms with Crippen molar-refractivity contribution in [3.8, 4) is 0 Å². The van der Waals surface area contributed by atoms with E-state index in [2.05, 4.69) is 11.5 Å². The van der Waals surface area contributed by atoms with E-state index in [-0.39, 0.29) is 5.97 Å². The molecule has 1 aliphatic heterocycles. The molecule has 2 heterocycles. The van der Waals surface area contributed by atoms with Crippen molar-refractivity contribution in [3.63, 3.8) is 0 Å². The van der Waals surface area contributed by atoms with Crippen LogP contribution < -0.4 is 0 Å². The maximum atomic E-state index is 11.7. The third-order valence-corrected chi connectivity index (χ3v) is 3.03. The van der Waals surface area contributed by atoms with Crippen LogP contribution >= 0.6 is 0 Å². The molecule has 1 aromatic heterocycles. The van der Waals surface area contributed by atoms with Gasteiger partial charge in [-0.1, -0.05) is 13.3 Å². The Morgan fingerprint density at radius 2 is 2.38 bits per heavy atom. The van der Waals surface area contributed by atoms with Crippen molar-refractivity contribution >= 4 is 5.97 Å². The van der Waals surface area contributed by atoms with Gasteiger partial charge >= 0.3 is 5.97 Å². The average Bonchev–Trinajstić information content (AvgIpc) is 2.73. The van der Waals surface area contributed by atoms with Crippen LogP contribution in [0.1, 0.15) is 48.7 Å². The van der Waals surface area contributed by atoms with E-state index in [9.17, 15) is 4.79 Å². The van der Waals surface area contributed by atoms with Gasteiger partial charge in [0.15, 0.2) is 0 Å². The van der Waals surface area contributed by atoms with Crippen LogP contribution in [-0.4, -0.2) is 17.1 Å². The van der Waals surface area contributed by atoms with E-state index >= 15 is 0 Å². The number of fused-ring (bicyclic) bond motifs is 1. The highest BCUT2D eigenvalue weighted by molar-refractivity contribution is 5.89. The van der Waals surface area contributed by atoms with Gasteiger partial charge in [0.1, 0.15) is 0 Å². The molecule has 0 N–H and O–H groups in total. The molecule has 0 spiro atoms. The molecule has 16 heavy (non-hydrogen) atoms. The number of rotatable bonds is 4. The van der Waals surface area contributed by atoms with Gasteiger partial charge in [0.25, 0.3) is 0 Å². The van der Waals surface area contributed by atoms with E-state index in [4.69, 9.17) is 4.74 Å².